The molecule has 20 heavy (non-hydrogen) atoms. The van der Waals surface area contributed by atoms with E-state index < -0.39 is 0 Å². The van der Waals surface area contributed by atoms with E-state index in [0.717, 1.165) is 26.1 Å². The molecule has 1 aromatic heterocycles. The minimum atomic E-state index is 0.0301. The summed E-state index contributed by atoms with van der Waals surface area (Å²) in [7, 11) is 0. The third-order valence-electron chi connectivity index (χ3n) is 4.83. The van der Waals surface area contributed by atoms with Gasteiger partial charge >= 0.3 is 0 Å². The van der Waals surface area contributed by atoms with Gasteiger partial charge < -0.3 is 14.8 Å². The molecule has 0 saturated carbocycles. The molecule has 1 fully saturated rings. The van der Waals surface area contributed by atoms with Crippen LogP contribution in [0.4, 0.5) is 0 Å². The lowest BCUT2D eigenvalue weighted by atomic mass is 10.1. The minimum Gasteiger partial charge on any atom is -0.345 e. The molecule has 0 aromatic carbocycles. The van der Waals surface area contributed by atoms with Crippen molar-refractivity contribution in [3.05, 3.63) is 23.5 Å². The molecule has 0 spiro atoms. The molecule has 2 aliphatic heterocycles. The average molecular weight is 275 g/mol. The van der Waals surface area contributed by atoms with Gasteiger partial charge in [0.1, 0.15) is 0 Å². The van der Waals surface area contributed by atoms with E-state index in [1.165, 1.54) is 30.7 Å². The number of amides is 1. The highest BCUT2D eigenvalue weighted by atomic mass is 16.2. The van der Waals surface area contributed by atoms with Crippen LogP contribution in [0, 0.1) is 6.92 Å². The maximum atomic E-state index is 12.8. The van der Waals surface area contributed by atoms with E-state index in [4.69, 9.17) is 0 Å². The molecule has 0 radical (unpaired) electrons. The summed E-state index contributed by atoms with van der Waals surface area (Å²) < 4.78 is 2.34. The number of aromatic nitrogens is 1. The fraction of sp³-hybridized carbons (Fsp3) is 0.688. The molecule has 1 N–H and O–H groups in total. The van der Waals surface area contributed by atoms with Crippen LogP contribution in [0.2, 0.25) is 0 Å². The number of hydrogen-bond donors (Lipinski definition) is 1. The summed E-state index contributed by atoms with van der Waals surface area (Å²) in [5.41, 5.74) is 2.57. The molecule has 0 bridgehead atoms. The Kier molecular flexibility index (Phi) is 3.83. The van der Waals surface area contributed by atoms with Crippen molar-refractivity contribution >= 4 is 5.91 Å². The van der Waals surface area contributed by atoms with Gasteiger partial charge in [-0.15, -0.1) is 0 Å². The fourth-order valence-electron chi connectivity index (χ4n) is 3.56. The van der Waals surface area contributed by atoms with Crippen LogP contribution in [0.15, 0.2) is 12.1 Å². The zero-order valence-corrected chi connectivity index (χ0v) is 12.6. The number of carbonyl (C=O) groups is 1. The Morgan fingerprint density at radius 2 is 2.10 bits per heavy atom. The van der Waals surface area contributed by atoms with E-state index in [2.05, 4.69) is 40.8 Å². The summed E-state index contributed by atoms with van der Waals surface area (Å²) in [5.74, 6) is 0.296. The zero-order valence-electron chi connectivity index (χ0n) is 12.6. The van der Waals surface area contributed by atoms with E-state index >= 15 is 0 Å². The van der Waals surface area contributed by atoms with Crippen LogP contribution < -0.4 is 5.32 Å². The molecule has 4 nitrogen and oxygen atoms in total. The lowest BCUT2D eigenvalue weighted by Gasteiger charge is -2.37. The second kappa shape index (κ2) is 5.60. The monoisotopic (exact) mass is 275 g/mol. The lowest BCUT2D eigenvalue weighted by Crippen LogP contribution is -2.50. The standard InChI is InChI=1S/C16H25N3O/c1-12-7-8-15-13(2)19(11-10-18(12)15)16(20)14-6-4-3-5-9-17-14/h7-8,13-14,17H,3-6,9-11H2,1-2H3. The van der Waals surface area contributed by atoms with Crippen molar-refractivity contribution < 1.29 is 4.79 Å². The second-order valence-electron chi connectivity index (χ2n) is 6.11. The molecular formula is C16H25N3O. The van der Waals surface area contributed by atoms with Crippen molar-refractivity contribution in [1.29, 1.82) is 0 Å². The second-order valence-corrected chi connectivity index (χ2v) is 6.11. The van der Waals surface area contributed by atoms with Crippen LogP contribution in [0.3, 0.4) is 0 Å². The van der Waals surface area contributed by atoms with Crippen LogP contribution in [0.1, 0.15) is 50.0 Å². The summed E-state index contributed by atoms with van der Waals surface area (Å²) in [6.07, 6.45) is 4.60. The first-order valence-electron chi connectivity index (χ1n) is 7.88. The molecule has 1 saturated heterocycles. The van der Waals surface area contributed by atoms with E-state index in [9.17, 15) is 4.79 Å². The van der Waals surface area contributed by atoms with E-state index in [1.54, 1.807) is 0 Å². The van der Waals surface area contributed by atoms with Crippen molar-refractivity contribution in [3.63, 3.8) is 0 Å². The summed E-state index contributed by atoms with van der Waals surface area (Å²) in [6.45, 7) is 7.03. The SMILES string of the molecule is Cc1ccc2n1CCN(C(=O)C1CCCCCN1)C2C. The maximum absolute atomic E-state index is 12.8. The number of aryl methyl sites for hydroxylation is 1. The topological polar surface area (TPSA) is 37.3 Å². The van der Waals surface area contributed by atoms with Crippen LogP contribution >= 0.6 is 0 Å². The van der Waals surface area contributed by atoms with E-state index in [1.807, 2.05) is 0 Å². The first-order chi connectivity index (χ1) is 9.68. The Morgan fingerprint density at radius 1 is 1.25 bits per heavy atom. The Hall–Kier alpha value is -1.29. The Labute approximate surface area is 121 Å². The third kappa shape index (κ3) is 2.37. The first kappa shape index (κ1) is 13.7. The first-order valence-corrected chi connectivity index (χ1v) is 7.88. The van der Waals surface area contributed by atoms with Crippen molar-refractivity contribution in [2.24, 2.45) is 0 Å². The normalized spacial score (nSPS) is 27.0. The quantitative estimate of drug-likeness (QED) is 0.853. The summed E-state index contributed by atoms with van der Waals surface area (Å²) >= 11 is 0. The minimum absolute atomic E-state index is 0.0301. The molecule has 3 heterocycles. The number of nitrogens with zero attached hydrogens (tertiary/aromatic N) is 2. The zero-order chi connectivity index (χ0) is 14.1. The predicted octanol–water partition coefficient (Wildman–Crippen LogP) is 2.23. The van der Waals surface area contributed by atoms with Gasteiger partial charge in [-0.25, -0.2) is 0 Å². The molecule has 2 aliphatic rings. The highest BCUT2D eigenvalue weighted by Crippen LogP contribution is 2.28. The predicted molar refractivity (Wildman–Crippen MR) is 79.6 cm³/mol. The van der Waals surface area contributed by atoms with E-state index in [0.29, 0.717) is 5.91 Å². The van der Waals surface area contributed by atoms with Gasteiger partial charge in [-0.3, -0.25) is 4.79 Å². The molecule has 3 rings (SSSR count). The van der Waals surface area contributed by atoms with Gasteiger partial charge in [0.15, 0.2) is 0 Å². The summed E-state index contributed by atoms with van der Waals surface area (Å²) in [6, 6.07) is 4.54. The van der Waals surface area contributed by atoms with Gasteiger partial charge in [0.05, 0.1) is 12.1 Å². The van der Waals surface area contributed by atoms with Gasteiger partial charge in [0.25, 0.3) is 0 Å². The van der Waals surface area contributed by atoms with Gasteiger partial charge in [0.2, 0.25) is 5.91 Å². The largest absolute Gasteiger partial charge is 0.345 e. The van der Waals surface area contributed by atoms with Gasteiger partial charge in [-0.2, -0.15) is 0 Å². The van der Waals surface area contributed by atoms with Gasteiger partial charge in [0, 0.05) is 24.5 Å². The smallest absolute Gasteiger partial charge is 0.240 e. The number of hydrogen-bond acceptors (Lipinski definition) is 2. The summed E-state index contributed by atoms with van der Waals surface area (Å²) in [5, 5.41) is 3.43. The van der Waals surface area contributed by atoms with Gasteiger partial charge in [-0.1, -0.05) is 12.8 Å². The molecular weight excluding hydrogens is 250 g/mol. The number of nitrogens with one attached hydrogen (secondary N) is 1. The Bertz CT molecular complexity index is 486. The number of carbonyl (C=O) groups excluding carboxylic acids is 1. The van der Waals surface area contributed by atoms with E-state index in [-0.39, 0.29) is 12.1 Å². The van der Waals surface area contributed by atoms with Crippen LogP contribution in [0.25, 0.3) is 0 Å². The third-order valence-corrected chi connectivity index (χ3v) is 4.83. The van der Waals surface area contributed by atoms with Crippen molar-refractivity contribution in [1.82, 2.24) is 14.8 Å². The molecule has 1 amide bonds. The number of rotatable bonds is 1. The fourth-order valence-corrected chi connectivity index (χ4v) is 3.56. The maximum Gasteiger partial charge on any atom is 0.240 e. The van der Waals surface area contributed by atoms with Crippen molar-refractivity contribution in [2.45, 2.75) is 58.2 Å². The highest BCUT2D eigenvalue weighted by Gasteiger charge is 2.32. The Morgan fingerprint density at radius 3 is 2.95 bits per heavy atom. The molecule has 1 aromatic rings. The molecule has 2 unspecified atom stereocenters. The molecule has 4 heteroatoms. The van der Waals surface area contributed by atoms with Crippen molar-refractivity contribution in [2.75, 3.05) is 13.1 Å². The average Bonchev–Trinajstić information content (AvgIpc) is 2.67. The number of fused-ring (bicyclic) bond motifs is 1. The Balaban J connectivity index is 1.76. The lowest BCUT2D eigenvalue weighted by molar-refractivity contribution is -0.136. The van der Waals surface area contributed by atoms with Crippen LogP contribution in [-0.4, -0.2) is 34.5 Å². The highest BCUT2D eigenvalue weighted by molar-refractivity contribution is 5.82. The molecule has 0 aliphatic carbocycles. The molecule has 110 valence electrons. The van der Waals surface area contributed by atoms with Crippen molar-refractivity contribution in [3.8, 4) is 0 Å². The summed E-state index contributed by atoms with van der Waals surface area (Å²) in [4.78, 5) is 14.9. The van der Waals surface area contributed by atoms with Gasteiger partial charge in [-0.05, 0) is 45.4 Å². The van der Waals surface area contributed by atoms with Crippen LogP contribution in [0.5, 0.6) is 0 Å². The van der Waals surface area contributed by atoms with Crippen LogP contribution in [-0.2, 0) is 11.3 Å². The molecule has 2 atom stereocenters.